The zero-order valence-electron chi connectivity index (χ0n) is 14.0. The molecule has 3 aliphatic rings. The molecule has 4 heterocycles. The van der Waals surface area contributed by atoms with Gasteiger partial charge in [0.25, 0.3) is 0 Å². The van der Waals surface area contributed by atoms with Gasteiger partial charge in [-0.1, -0.05) is 6.07 Å². The second-order valence-corrected chi connectivity index (χ2v) is 6.89. The molecule has 0 saturated carbocycles. The van der Waals surface area contributed by atoms with Crippen molar-refractivity contribution in [2.45, 2.75) is 38.9 Å². The Bertz CT molecular complexity index is 768. The predicted molar refractivity (Wildman–Crippen MR) is 99.3 cm³/mol. The molecule has 3 saturated heterocycles. The molecule has 0 spiro atoms. The van der Waals surface area contributed by atoms with Crippen LogP contribution < -0.4 is 5.32 Å². The first-order valence-corrected chi connectivity index (χ1v) is 8.84. The van der Waals surface area contributed by atoms with E-state index in [4.69, 9.17) is 0 Å². The molecule has 0 amide bonds. The minimum atomic E-state index is -0.889. The average molecular weight is 336 g/mol. The monoisotopic (exact) mass is 336 g/mol. The fourth-order valence-corrected chi connectivity index (χ4v) is 4.28. The topological polar surface area (TPSA) is 70.4 Å². The van der Waals surface area contributed by atoms with E-state index >= 15 is 0 Å². The number of aromatic nitrogens is 2. The molecule has 0 aliphatic carbocycles. The number of aromatic carboxylic acids is 1. The molecule has 0 radical (unpaired) electrons. The third kappa shape index (κ3) is 3.37. The number of rotatable bonds is 5. The molecule has 2 aromatic rings. The summed E-state index contributed by atoms with van der Waals surface area (Å²) >= 11 is 0. The molecule has 3 aliphatic heterocycles. The van der Waals surface area contributed by atoms with Crippen LogP contribution in [0.5, 0.6) is 0 Å². The molecule has 1 atom stereocenters. The van der Waals surface area contributed by atoms with Crippen LogP contribution in [0.25, 0.3) is 10.9 Å². The van der Waals surface area contributed by atoms with Gasteiger partial charge in [-0.15, -0.1) is 0 Å². The Morgan fingerprint density at radius 3 is 2.72 bits per heavy atom. The molecule has 1 unspecified atom stereocenters. The number of carbonyl (C=O) groups is 1. The summed E-state index contributed by atoms with van der Waals surface area (Å²) in [7, 11) is 0. The molecular weight excluding hydrogens is 311 g/mol. The van der Waals surface area contributed by atoms with Crippen LogP contribution in [-0.2, 0) is 13.1 Å². The molecule has 2 N–H and O–H groups in total. The summed E-state index contributed by atoms with van der Waals surface area (Å²) < 4.78 is 1.90. The van der Waals surface area contributed by atoms with E-state index in [1.807, 2.05) is 17.7 Å². The van der Waals surface area contributed by atoms with Crippen LogP contribution >= 0.6 is 0 Å². The van der Waals surface area contributed by atoms with Crippen molar-refractivity contribution in [2.75, 3.05) is 19.6 Å². The van der Waals surface area contributed by atoms with E-state index in [-0.39, 0.29) is 18.9 Å². The second kappa shape index (κ2) is 7.51. The zero-order valence-corrected chi connectivity index (χ0v) is 14.0. The average Bonchev–Trinajstić information content (AvgIpc) is 2.99. The molecule has 130 valence electrons. The van der Waals surface area contributed by atoms with Crippen molar-refractivity contribution in [3.63, 3.8) is 0 Å². The third-order valence-corrected chi connectivity index (χ3v) is 5.57. The number of carboxylic acids is 1. The van der Waals surface area contributed by atoms with Gasteiger partial charge in [0, 0.05) is 31.1 Å². The molecule has 3 fully saturated rings. The van der Waals surface area contributed by atoms with Crippen LogP contribution in [0.15, 0.2) is 18.2 Å². The fourth-order valence-electron chi connectivity index (χ4n) is 4.28. The van der Waals surface area contributed by atoms with Crippen molar-refractivity contribution in [3.8, 4) is 0 Å². The molecular formula is C18H25LiN4O2. The molecule has 1 aromatic heterocycles. The van der Waals surface area contributed by atoms with E-state index in [0.717, 1.165) is 35.6 Å². The fraction of sp³-hybridized carbons (Fsp3) is 0.556. The number of nitrogens with zero attached hydrogens (tertiary/aromatic N) is 3. The van der Waals surface area contributed by atoms with Crippen molar-refractivity contribution < 1.29 is 9.90 Å². The maximum atomic E-state index is 11.6. The normalized spacial score (nSPS) is 25.1. The van der Waals surface area contributed by atoms with E-state index in [1.54, 1.807) is 12.1 Å². The molecule has 1 aromatic carbocycles. The van der Waals surface area contributed by atoms with Crippen LogP contribution in [0.2, 0.25) is 0 Å². The van der Waals surface area contributed by atoms with Crippen molar-refractivity contribution >= 4 is 35.7 Å². The first-order valence-electron chi connectivity index (χ1n) is 8.84. The Balaban J connectivity index is 0.00000182. The Morgan fingerprint density at radius 2 is 2.12 bits per heavy atom. The van der Waals surface area contributed by atoms with Crippen molar-refractivity contribution in [2.24, 2.45) is 5.92 Å². The van der Waals surface area contributed by atoms with Crippen LogP contribution in [0.3, 0.4) is 0 Å². The summed E-state index contributed by atoms with van der Waals surface area (Å²) in [5.41, 5.74) is 2.10. The van der Waals surface area contributed by atoms with Gasteiger partial charge in [-0.3, -0.25) is 4.68 Å². The van der Waals surface area contributed by atoms with Gasteiger partial charge >= 0.3 is 24.8 Å². The zero-order chi connectivity index (χ0) is 16.7. The van der Waals surface area contributed by atoms with Crippen LogP contribution in [0.4, 0.5) is 0 Å². The summed E-state index contributed by atoms with van der Waals surface area (Å²) in [6.45, 7) is 6.94. The van der Waals surface area contributed by atoms with Gasteiger partial charge in [0.1, 0.15) is 0 Å². The number of benzene rings is 1. The van der Waals surface area contributed by atoms with Crippen molar-refractivity contribution in [3.05, 3.63) is 29.5 Å². The SMILES string of the molecule is CCn1nc(CNC2CN3CCC2CC3)c2c(C(=O)O)cccc21.[LiH]. The third-order valence-electron chi connectivity index (χ3n) is 5.57. The number of piperidine rings is 3. The number of nitrogens with one attached hydrogen (secondary N) is 1. The van der Waals surface area contributed by atoms with E-state index in [9.17, 15) is 9.90 Å². The molecule has 5 rings (SSSR count). The van der Waals surface area contributed by atoms with Crippen LogP contribution in [-0.4, -0.2) is 70.3 Å². The maximum absolute atomic E-state index is 11.6. The minimum absolute atomic E-state index is 0. The summed E-state index contributed by atoms with van der Waals surface area (Å²) in [6.07, 6.45) is 2.53. The van der Waals surface area contributed by atoms with E-state index in [0.29, 0.717) is 18.2 Å². The van der Waals surface area contributed by atoms with Gasteiger partial charge in [0.2, 0.25) is 0 Å². The molecule has 7 heteroatoms. The van der Waals surface area contributed by atoms with E-state index < -0.39 is 5.97 Å². The number of carboxylic acid groups (broad SMARTS) is 1. The Labute approximate surface area is 159 Å². The summed E-state index contributed by atoms with van der Waals surface area (Å²) in [5, 5.41) is 18.6. The quantitative estimate of drug-likeness (QED) is 0.805. The molecule has 2 bridgehead atoms. The van der Waals surface area contributed by atoms with Gasteiger partial charge in [-0.25, -0.2) is 4.79 Å². The summed E-state index contributed by atoms with van der Waals surface area (Å²) in [6, 6.07) is 5.91. The first-order chi connectivity index (χ1) is 11.7. The summed E-state index contributed by atoms with van der Waals surface area (Å²) in [4.78, 5) is 14.1. The van der Waals surface area contributed by atoms with E-state index in [2.05, 4.69) is 15.3 Å². The van der Waals surface area contributed by atoms with Crippen LogP contribution in [0, 0.1) is 5.92 Å². The van der Waals surface area contributed by atoms with Crippen LogP contribution in [0.1, 0.15) is 35.8 Å². The standard InChI is InChI=1S/C18H24N4O2.Li.H/c1-2-22-16-5-3-4-13(18(23)24)17(16)14(20-22)10-19-15-11-21-8-6-12(15)7-9-21;;/h3-5,12,15,19H,2,6-11H2,1H3,(H,23,24);;. The second-order valence-electron chi connectivity index (χ2n) is 6.89. The van der Waals surface area contributed by atoms with Gasteiger partial charge in [-0.2, -0.15) is 5.10 Å². The van der Waals surface area contributed by atoms with E-state index in [1.165, 1.54) is 25.9 Å². The van der Waals surface area contributed by atoms with Crippen molar-refractivity contribution in [1.82, 2.24) is 20.0 Å². The molecule has 25 heavy (non-hydrogen) atoms. The van der Waals surface area contributed by atoms with Gasteiger partial charge in [0.15, 0.2) is 0 Å². The number of hydrogen-bond donors (Lipinski definition) is 2. The molecule has 6 nitrogen and oxygen atoms in total. The van der Waals surface area contributed by atoms with Gasteiger partial charge in [0.05, 0.1) is 16.8 Å². The first kappa shape index (κ1) is 18.5. The Kier molecular flexibility index (Phi) is 5.55. The van der Waals surface area contributed by atoms with Gasteiger partial charge < -0.3 is 15.3 Å². The predicted octanol–water partition coefficient (Wildman–Crippen LogP) is 1.29. The Morgan fingerprint density at radius 1 is 1.36 bits per heavy atom. The van der Waals surface area contributed by atoms with Crippen molar-refractivity contribution in [1.29, 1.82) is 0 Å². The number of aryl methyl sites for hydroxylation is 1. The number of fused-ring (bicyclic) bond motifs is 4. The summed E-state index contributed by atoms with van der Waals surface area (Å²) in [5.74, 6) is -0.145. The Hall–Kier alpha value is -1.32. The number of hydrogen-bond acceptors (Lipinski definition) is 4. The van der Waals surface area contributed by atoms with Gasteiger partial charge in [-0.05, 0) is 50.9 Å².